The monoisotopic (exact) mass is 492 g/mol. The minimum absolute atomic E-state index is 0.118. The van der Waals surface area contributed by atoms with Crippen molar-refractivity contribution in [2.75, 3.05) is 11.8 Å². The average Bonchev–Trinajstić information content (AvgIpc) is 3.31. The molecular formula is C24H23F3N2O4S. The van der Waals surface area contributed by atoms with Gasteiger partial charge in [-0.15, -0.1) is 0 Å². The third-order valence-corrected chi connectivity index (χ3v) is 6.73. The number of aromatic nitrogens is 1. The number of nitrogens with one attached hydrogen (secondary N) is 1. The Balaban J connectivity index is 1.37. The first-order valence-electron chi connectivity index (χ1n) is 10.7. The van der Waals surface area contributed by atoms with Crippen LogP contribution in [0, 0.1) is 5.92 Å². The van der Waals surface area contributed by atoms with Crippen LogP contribution in [-0.4, -0.2) is 29.3 Å². The number of carboxylic acid groups (broad SMARTS) is 1. The highest BCUT2D eigenvalue weighted by atomic mass is 32.2. The zero-order valence-electron chi connectivity index (χ0n) is 18.3. The molecule has 0 bridgehead atoms. The lowest BCUT2D eigenvalue weighted by molar-refractivity contribution is -0.182. The van der Waals surface area contributed by atoms with Gasteiger partial charge in [-0.05, 0) is 67.5 Å². The summed E-state index contributed by atoms with van der Waals surface area (Å²) < 4.78 is 52.6. The fourth-order valence-corrected chi connectivity index (χ4v) is 4.71. The SMILES string of the molecule is COc1cc(C(=O)O)ccc1NSc1coc(-c2ccc(C3CCC(C(F)(F)F)CC3)cc2)n1. The summed E-state index contributed by atoms with van der Waals surface area (Å²) in [4.78, 5) is 15.6. The van der Waals surface area contributed by atoms with Crippen molar-refractivity contribution in [2.45, 2.75) is 42.8 Å². The van der Waals surface area contributed by atoms with E-state index in [4.69, 9.17) is 14.3 Å². The first-order valence-corrected chi connectivity index (χ1v) is 11.5. The quantitative estimate of drug-likeness (QED) is 0.343. The molecule has 0 aliphatic heterocycles. The van der Waals surface area contributed by atoms with E-state index in [1.807, 2.05) is 24.3 Å². The Hall–Kier alpha value is -3.14. The number of anilines is 1. The van der Waals surface area contributed by atoms with E-state index in [-0.39, 0.29) is 24.3 Å². The number of rotatable bonds is 7. The van der Waals surface area contributed by atoms with Crippen LogP contribution >= 0.6 is 11.9 Å². The number of carboxylic acids is 1. The van der Waals surface area contributed by atoms with Crippen molar-refractivity contribution in [3.8, 4) is 17.2 Å². The number of halogens is 3. The lowest BCUT2D eigenvalue weighted by atomic mass is 9.78. The second-order valence-electron chi connectivity index (χ2n) is 8.13. The summed E-state index contributed by atoms with van der Waals surface area (Å²) in [6.07, 6.45) is -1.19. The number of methoxy groups -OCH3 is 1. The molecule has 2 aromatic carbocycles. The van der Waals surface area contributed by atoms with Crippen molar-refractivity contribution in [1.82, 2.24) is 4.98 Å². The summed E-state index contributed by atoms with van der Waals surface area (Å²) in [5.74, 6) is -1.29. The maximum absolute atomic E-state index is 12.9. The molecule has 1 saturated carbocycles. The van der Waals surface area contributed by atoms with Gasteiger partial charge in [0.15, 0.2) is 5.03 Å². The first-order chi connectivity index (χ1) is 16.2. The molecule has 0 spiro atoms. The van der Waals surface area contributed by atoms with Crippen LogP contribution in [-0.2, 0) is 0 Å². The first kappa shape index (κ1) is 24.0. The fraction of sp³-hybridized carbons (Fsp3) is 0.333. The number of aromatic carboxylic acids is 1. The van der Waals surface area contributed by atoms with E-state index < -0.39 is 18.1 Å². The second-order valence-corrected chi connectivity index (χ2v) is 8.95. The molecule has 1 fully saturated rings. The van der Waals surface area contributed by atoms with Gasteiger partial charge in [0.2, 0.25) is 5.89 Å². The zero-order valence-corrected chi connectivity index (χ0v) is 19.1. The molecule has 1 aliphatic carbocycles. The van der Waals surface area contributed by atoms with Gasteiger partial charge < -0.3 is 19.0 Å². The predicted molar refractivity (Wildman–Crippen MR) is 122 cm³/mol. The van der Waals surface area contributed by atoms with Crippen LogP contribution in [0.5, 0.6) is 5.75 Å². The highest BCUT2D eigenvalue weighted by Gasteiger charge is 2.41. The lowest BCUT2D eigenvalue weighted by Crippen LogP contribution is -2.27. The number of carbonyl (C=O) groups is 1. The Labute approximate surface area is 198 Å². The standard InChI is InChI=1S/C24H23F3N2O4S/c1-32-20-12-17(23(30)31)8-11-19(20)29-34-21-13-33-22(28-21)16-4-2-14(3-5-16)15-6-9-18(10-7-15)24(25,26)27/h2-5,8,11-13,15,18,29H,6-7,9-10H2,1H3,(H,30,31). The molecule has 3 aromatic rings. The van der Waals surface area contributed by atoms with E-state index >= 15 is 0 Å². The summed E-state index contributed by atoms with van der Waals surface area (Å²) in [6.45, 7) is 0. The normalized spacial score (nSPS) is 18.5. The highest BCUT2D eigenvalue weighted by molar-refractivity contribution is 8.00. The number of hydrogen-bond donors (Lipinski definition) is 2. The Morgan fingerprint density at radius 2 is 1.85 bits per heavy atom. The summed E-state index contributed by atoms with van der Waals surface area (Å²) in [6, 6.07) is 12.1. The van der Waals surface area contributed by atoms with Gasteiger partial charge in [-0.2, -0.15) is 13.2 Å². The number of ether oxygens (including phenoxy) is 1. The smallest absolute Gasteiger partial charge is 0.391 e. The van der Waals surface area contributed by atoms with Gasteiger partial charge in [0.25, 0.3) is 0 Å². The van der Waals surface area contributed by atoms with Crippen molar-refractivity contribution in [3.63, 3.8) is 0 Å². The molecule has 0 amide bonds. The lowest BCUT2D eigenvalue weighted by Gasteiger charge is -2.30. The maximum Gasteiger partial charge on any atom is 0.391 e. The van der Waals surface area contributed by atoms with Crippen LogP contribution < -0.4 is 9.46 Å². The molecule has 6 nitrogen and oxygen atoms in total. The molecule has 1 heterocycles. The molecule has 0 unspecified atom stereocenters. The van der Waals surface area contributed by atoms with Crippen molar-refractivity contribution < 1.29 is 32.2 Å². The van der Waals surface area contributed by atoms with Crippen LogP contribution in [0.4, 0.5) is 18.9 Å². The minimum Gasteiger partial charge on any atom is -0.495 e. The van der Waals surface area contributed by atoms with Crippen LogP contribution in [0.1, 0.15) is 47.5 Å². The molecule has 1 aromatic heterocycles. The summed E-state index contributed by atoms with van der Waals surface area (Å²) in [5, 5.41) is 9.66. The van der Waals surface area contributed by atoms with Gasteiger partial charge in [-0.3, -0.25) is 0 Å². The van der Waals surface area contributed by atoms with Crippen LogP contribution in [0.25, 0.3) is 11.5 Å². The van der Waals surface area contributed by atoms with E-state index in [2.05, 4.69) is 9.71 Å². The maximum atomic E-state index is 12.9. The van der Waals surface area contributed by atoms with Gasteiger partial charge >= 0.3 is 12.1 Å². The van der Waals surface area contributed by atoms with Gasteiger partial charge in [0.05, 0.1) is 24.3 Å². The Kier molecular flexibility index (Phi) is 7.06. The van der Waals surface area contributed by atoms with Gasteiger partial charge in [-0.1, -0.05) is 12.1 Å². The molecule has 2 N–H and O–H groups in total. The third-order valence-electron chi connectivity index (χ3n) is 6.02. The molecular weight excluding hydrogens is 469 g/mol. The number of alkyl halides is 3. The zero-order chi connectivity index (χ0) is 24.3. The van der Waals surface area contributed by atoms with Gasteiger partial charge in [0, 0.05) is 17.5 Å². The van der Waals surface area contributed by atoms with Crippen LogP contribution in [0.15, 0.2) is 58.2 Å². The van der Waals surface area contributed by atoms with Crippen molar-refractivity contribution >= 4 is 23.6 Å². The van der Waals surface area contributed by atoms with E-state index in [9.17, 15) is 18.0 Å². The van der Waals surface area contributed by atoms with Crippen LogP contribution in [0.3, 0.4) is 0 Å². The minimum atomic E-state index is -4.10. The van der Waals surface area contributed by atoms with E-state index in [0.717, 1.165) is 11.1 Å². The molecule has 0 saturated heterocycles. The number of nitrogens with zero attached hydrogens (tertiary/aromatic N) is 1. The summed E-state index contributed by atoms with van der Waals surface area (Å²) >= 11 is 1.19. The highest BCUT2D eigenvalue weighted by Crippen LogP contribution is 2.43. The number of hydrogen-bond acceptors (Lipinski definition) is 6. The van der Waals surface area contributed by atoms with Crippen molar-refractivity contribution in [2.24, 2.45) is 5.92 Å². The molecule has 0 radical (unpaired) electrons. The third kappa shape index (κ3) is 5.49. The summed E-state index contributed by atoms with van der Waals surface area (Å²) in [7, 11) is 1.46. The molecule has 4 rings (SSSR count). The topological polar surface area (TPSA) is 84.6 Å². The molecule has 34 heavy (non-hydrogen) atoms. The Bertz CT molecular complexity index is 1140. The van der Waals surface area contributed by atoms with Gasteiger partial charge in [-0.25, -0.2) is 9.78 Å². The van der Waals surface area contributed by atoms with E-state index in [0.29, 0.717) is 35.2 Å². The fourth-order valence-electron chi connectivity index (χ4n) is 4.11. The number of benzene rings is 2. The van der Waals surface area contributed by atoms with E-state index in [1.54, 1.807) is 6.07 Å². The van der Waals surface area contributed by atoms with Crippen LogP contribution in [0.2, 0.25) is 0 Å². The Morgan fingerprint density at radius 1 is 1.15 bits per heavy atom. The molecule has 0 atom stereocenters. The second kappa shape index (κ2) is 10.0. The molecule has 1 aliphatic rings. The molecule has 10 heteroatoms. The van der Waals surface area contributed by atoms with Gasteiger partial charge in [0.1, 0.15) is 12.0 Å². The number of oxazole rings is 1. The average molecular weight is 493 g/mol. The van der Waals surface area contributed by atoms with Crippen molar-refractivity contribution in [1.29, 1.82) is 0 Å². The summed E-state index contributed by atoms with van der Waals surface area (Å²) in [5.41, 5.74) is 2.51. The van der Waals surface area contributed by atoms with E-state index in [1.165, 1.54) is 37.5 Å². The molecule has 180 valence electrons. The predicted octanol–water partition coefficient (Wildman–Crippen LogP) is 7.00. The Morgan fingerprint density at radius 3 is 2.47 bits per heavy atom. The van der Waals surface area contributed by atoms with Crippen molar-refractivity contribution in [3.05, 3.63) is 59.9 Å². The largest absolute Gasteiger partial charge is 0.495 e.